The van der Waals surface area contributed by atoms with Crippen LogP contribution in [0.3, 0.4) is 0 Å². The van der Waals surface area contributed by atoms with Gasteiger partial charge >= 0.3 is 0 Å². The summed E-state index contributed by atoms with van der Waals surface area (Å²) < 4.78 is 5.67. The number of rotatable bonds is 13. The first kappa shape index (κ1) is 19.7. The highest BCUT2D eigenvalue weighted by molar-refractivity contribution is 6.33. The van der Waals surface area contributed by atoms with E-state index in [-0.39, 0.29) is 0 Å². The Morgan fingerprint density at radius 3 is 2.22 bits per heavy atom. The monoisotopic (exact) mass is 337 g/mol. The molecule has 1 rings (SSSR count). The third-order valence-corrected chi connectivity index (χ3v) is 4.17. The van der Waals surface area contributed by atoms with Gasteiger partial charge in [-0.25, -0.2) is 4.79 Å². The molecule has 0 saturated carbocycles. The van der Waals surface area contributed by atoms with E-state index in [1.54, 1.807) is 18.2 Å². The number of unbranched alkanes of at least 4 members (excludes halogenated alkanes) is 9. The second kappa shape index (κ2) is 13.2. The SMILES string of the molecule is CCCCCCCCCCCCOc1ccc(Cl)c(N=C=O)c1. The minimum Gasteiger partial charge on any atom is -0.494 e. The van der Waals surface area contributed by atoms with Crippen molar-refractivity contribution in [2.45, 2.75) is 71.1 Å². The largest absolute Gasteiger partial charge is 0.494 e. The lowest BCUT2D eigenvalue weighted by Crippen LogP contribution is -1.97. The molecule has 0 aliphatic carbocycles. The fourth-order valence-corrected chi connectivity index (χ4v) is 2.66. The summed E-state index contributed by atoms with van der Waals surface area (Å²) in [6.45, 7) is 2.94. The fraction of sp³-hybridized carbons (Fsp3) is 0.632. The number of ether oxygens (including phenoxy) is 1. The van der Waals surface area contributed by atoms with Crippen LogP contribution in [0.1, 0.15) is 71.1 Å². The maximum Gasteiger partial charge on any atom is 0.240 e. The molecule has 1 aromatic carbocycles. The van der Waals surface area contributed by atoms with Gasteiger partial charge in [0.25, 0.3) is 0 Å². The van der Waals surface area contributed by atoms with Gasteiger partial charge in [-0.15, -0.1) is 0 Å². The molecule has 0 aliphatic heterocycles. The minimum atomic E-state index is 0.405. The van der Waals surface area contributed by atoms with Gasteiger partial charge in [0.05, 0.1) is 17.3 Å². The van der Waals surface area contributed by atoms with E-state index in [9.17, 15) is 4.79 Å². The van der Waals surface area contributed by atoms with Gasteiger partial charge in [-0.1, -0.05) is 76.3 Å². The average molecular weight is 338 g/mol. The molecule has 0 saturated heterocycles. The van der Waals surface area contributed by atoms with Gasteiger partial charge in [0, 0.05) is 6.07 Å². The van der Waals surface area contributed by atoms with Crippen LogP contribution < -0.4 is 4.74 Å². The Bertz CT molecular complexity index is 484. The van der Waals surface area contributed by atoms with Crippen LogP contribution >= 0.6 is 11.6 Å². The maximum absolute atomic E-state index is 10.3. The smallest absolute Gasteiger partial charge is 0.240 e. The molecule has 4 heteroatoms. The average Bonchev–Trinajstić information content (AvgIpc) is 2.55. The second-order valence-electron chi connectivity index (χ2n) is 5.85. The Labute approximate surface area is 145 Å². The van der Waals surface area contributed by atoms with Crippen LogP contribution in [0.4, 0.5) is 5.69 Å². The topological polar surface area (TPSA) is 38.7 Å². The number of isocyanates is 1. The van der Waals surface area contributed by atoms with Gasteiger partial charge in [0.1, 0.15) is 5.75 Å². The summed E-state index contributed by atoms with van der Waals surface area (Å²) in [5.74, 6) is 0.694. The normalized spacial score (nSPS) is 10.3. The highest BCUT2D eigenvalue weighted by Gasteiger charge is 2.02. The van der Waals surface area contributed by atoms with Gasteiger partial charge < -0.3 is 4.74 Å². The first-order valence-electron chi connectivity index (χ1n) is 8.78. The predicted molar refractivity (Wildman–Crippen MR) is 96.6 cm³/mol. The molecule has 3 nitrogen and oxygen atoms in total. The number of nitrogens with zero attached hydrogens (tertiary/aromatic N) is 1. The van der Waals surface area contributed by atoms with Crippen LogP contribution in [-0.4, -0.2) is 12.7 Å². The highest BCUT2D eigenvalue weighted by atomic mass is 35.5. The van der Waals surface area contributed by atoms with E-state index in [1.165, 1.54) is 63.9 Å². The predicted octanol–water partition coefficient (Wildman–Crippen LogP) is 6.61. The molecule has 0 aromatic heterocycles. The summed E-state index contributed by atoms with van der Waals surface area (Å²) in [6, 6.07) is 5.15. The van der Waals surface area contributed by atoms with Gasteiger partial charge in [0.2, 0.25) is 6.08 Å². The molecule has 128 valence electrons. The van der Waals surface area contributed by atoms with Gasteiger partial charge in [-0.2, -0.15) is 4.99 Å². The van der Waals surface area contributed by atoms with Crippen molar-refractivity contribution in [2.75, 3.05) is 6.61 Å². The zero-order valence-electron chi connectivity index (χ0n) is 14.2. The van der Waals surface area contributed by atoms with Crippen LogP contribution in [0.25, 0.3) is 0 Å². The van der Waals surface area contributed by atoms with E-state index in [2.05, 4.69) is 11.9 Å². The van der Waals surface area contributed by atoms with Crippen molar-refractivity contribution in [3.8, 4) is 5.75 Å². The van der Waals surface area contributed by atoms with E-state index in [4.69, 9.17) is 16.3 Å². The lowest BCUT2D eigenvalue weighted by atomic mass is 10.1. The Morgan fingerprint density at radius 2 is 1.61 bits per heavy atom. The number of hydrogen-bond acceptors (Lipinski definition) is 3. The van der Waals surface area contributed by atoms with Crippen molar-refractivity contribution >= 4 is 23.4 Å². The first-order valence-corrected chi connectivity index (χ1v) is 9.16. The van der Waals surface area contributed by atoms with Crippen molar-refractivity contribution in [1.29, 1.82) is 0 Å². The highest BCUT2D eigenvalue weighted by Crippen LogP contribution is 2.29. The molecular weight excluding hydrogens is 310 g/mol. The molecule has 0 bridgehead atoms. The van der Waals surface area contributed by atoms with E-state index in [0.29, 0.717) is 23.1 Å². The molecule has 0 heterocycles. The van der Waals surface area contributed by atoms with Crippen molar-refractivity contribution < 1.29 is 9.53 Å². The quantitative estimate of drug-likeness (QED) is 0.231. The lowest BCUT2D eigenvalue weighted by molar-refractivity contribution is 0.304. The molecule has 0 amide bonds. The standard InChI is InChI=1S/C19H28ClNO2/c1-2-3-4-5-6-7-8-9-10-11-14-23-17-12-13-18(20)19(15-17)21-16-22/h12-13,15H,2-11,14H2,1H3. The number of halogens is 1. The second-order valence-corrected chi connectivity index (χ2v) is 6.25. The van der Waals surface area contributed by atoms with Crippen LogP contribution in [0.2, 0.25) is 5.02 Å². The zero-order valence-corrected chi connectivity index (χ0v) is 14.9. The Balaban J connectivity index is 2.05. The van der Waals surface area contributed by atoms with Crippen molar-refractivity contribution in [3.05, 3.63) is 23.2 Å². The molecule has 0 aliphatic rings. The number of hydrogen-bond donors (Lipinski definition) is 0. The number of benzene rings is 1. The van der Waals surface area contributed by atoms with Gasteiger partial charge in [-0.05, 0) is 18.6 Å². The summed E-state index contributed by atoms with van der Waals surface area (Å²) in [5, 5.41) is 0.430. The summed E-state index contributed by atoms with van der Waals surface area (Å²) in [5.41, 5.74) is 0.405. The molecule has 1 aromatic rings. The lowest BCUT2D eigenvalue weighted by Gasteiger charge is -2.07. The molecule has 0 unspecified atom stereocenters. The molecular formula is C19H28ClNO2. The molecule has 23 heavy (non-hydrogen) atoms. The molecule has 0 fully saturated rings. The van der Waals surface area contributed by atoms with E-state index >= 15 is 0 Å². The maximum atomic E-state index is 10.3. The van der Waals surface area contributed by atoms with Gasteiger partial charge in [0.15, 0.2) is 0 Å². The zero-order chi connectivity index (χ0) is 16.8. The Hall–Kier alpha value is -1.31. The summed E-state index contributed by atoms with van der Waals surface area (Å²) in [6.07, 6.45) is 14.5. The summed E-state index contributed by atoms with van der Waals surface area (Å²) >= 11 is 5.92. The molecule has 0 radical (unpaired) electrons. The summed E-state index contributed by atoms with van der Waals surface area (Å²) in [4.78, 5) is 13.9. The van der Waals surface area contributed by atoms with E-state index in [1.807, 2.05) is 0 Å². The first-order chi connectivity index (χ1) is 11.3. The minimum absolute atomic E-state index is 0.405. The van der Waals surface area contributed by atoms with Crippen molar-refractivity contribution in [2.24, 2.45) is 4.99 Å². The van der Waals surface area contributed by atoms with Crippen LogP contribution in [-0.2, 0) is 4.79 Å². The third kappa shape index (κ3) is 9.43. The Morgan fingerprint density at radius 1 is 1.00 bits per heavy atom. The molecule has 0 N–H and O–H groups in total. The van der Waals surface area contributed by atoms with E-state index < -0.39 is 0 Å². The van der Waals surface area contributed by atoms with Crippen LogP contribution in [0, 0.1) is 0 Å². The van der Waals surface area contributed by atoms with Crippen molar-refractivity contribution in [3.63, 3.8) is 0 Å². The Kier molecular flexibility index (Phi) is 11.3. The van der Waals surface area contributed by atoms with E-state index in [0.717, 1.165) is 6.42 Å². The molecule has 0 spiro atoms. The van der Waals surface area contributed by atoms with Crippen LogP contribution in [0.15, 0.2) is 23.2 Å². The van der Waals surface area contributed by atoms with Crippen LogP contribution in [0.5, 0.6) is 5.75 Å². The molecule has 0 atom stereocenters. The summed E-state index contributed by atoms with van der Waals surface area (Å²) in [7, 11) is 0. The fourth-order valence-electron chi connectivity index (χ4n) is 2.50. The number of aliphatic imine (C=N–C) groups is 1. The number of carbonyl (C=O) groups excluding carboxylic acids is 1. The third-order valence-electron chi connectivity index (χ3n) is 3.85. The van der Waals surface area contributed by atoms with Gasteiger partial charge in [-0.3, -0.25) is 0 Å². The van der Waals surface area contributed by atoms with Crippen molar-refractivity contribution in [1.82, 2.24) is 0 Å².